The molecule has 0 radical (unpaired) electrons. The minimum atomic E-state index is -0.0947. The van der Waals surface area contributed by atoms with Crippen molar-refractivity contribution in [2.24, 2.45) is 10.8 Å². The molecule has 1 aliphatic carbocycles. The Balaban J connectivity index is 2.47. The van der Waals surface area contributed by atoms with E-state index in [0.717, 1.165) is 19.3 Å². The molecule has 1 rings (SSSR count). The zero-order valence-electron chi connectivity index (χ0n) is 8.62. The Morgan fingerprint density at radius 3 is 2.00 bits per heavy atom. The summed E-state index contributed by atoms with van der Waals surface area (Å²) in [5.74, 6) is 0. The van der Waals surface area contributed by atoms with E-state index in [1.54, 1.807) is 0 Å². The molecule has 0 aromatic heterocycles. The summed E-state index contributed by atoms with van der Waals surface area (Å²) in [5, 5.41) is 0. The normalized spacial score (nSPS) is 21.0. The second-order valence-corrected chi connectivity index (χ2v) is 4.83. The molecule has 0 unspecified atom stereocenters. The first-order valence-corrected chi connectivity index (χ1v) is 5.16. The molecule has 12 heavy (non-hydrogen) atoms. The van der Waals surface area contributed by atoms with Gasteiger partial charge in [0.25, 0.3) is 0 Å². The van der Waals surface area contributed by atoms with Crippen molar-refractivity contribution in [3.05, 3.63) is 0 Å². The average Bonchev–Trinajstić information content (AvgIpc) is 2.85. The second kappa shape index (κ2) is 3.35. The van der Waals surface area contributed by atoms with Crippen molar-refractivity contribution in [2.45, 2.75) is 52.9 Å². The number of halogens is 1. The fourth-order valence-corrected chi connectivity index (χ4v) is 1.94. The summed E-state index contributed by atoms with van der Waals surface area (Å²) in [5.41, 5.74) is 0.503. The monoisotopic (exact) mass is 172 g/mol. The first-order valence-electron chi connectivity index (χ1n) is 5.16. The van der Waals surface area contributed by atoms with Crippen molar-refractivity contribution in [1.29, 1.82) is 0 Å². The van der Waals surface area contributed by atoms with Crippen molar-refractivity contribution in [2.75, 3.05) is 6.67 Å². The molecular weight excluding hydrogens is 151 g/mol. The van der Waals surface area contributed by atoms with Crippen LogP contribution in [-0.2, 0) is 0 Å². The lowest BCUT2D eigenvalue weighted by Gasteiger charge is -2.30. The van der Waals surface area contributed by atoms with E-state index in [0.29, 0.717) is 5.41 Å². The molecule has 1 heteroatoms. The van der Waals surface area contributed by atoms with E-state index in [1.165, 1.54) is 12.8 Å². The highest BCUT2D eigenvalue weighted by Gasteiger charge is 2.46. The van der Waals surface area contributed by atoms with Crippen molar-refractivity contribution in [1.82, 2.24) is 0 Å². The molecule has 0 heterocycles. The zero-order chi connectivity index (χ0) is 9.24. The molecule has 1 fully saturated rings. The Hall–Kier alpha value is -0.0700. The van der Waals surface area contributed by atoms with Gasteiger partial charge in [-0.3, -0.25) is 4.39 Å². The minimum absolute atomic E-state index is 0.0947. The molecule has 0 atom stereocenters. The molecule has 0 saturated heterocycles. The molecule has 0 N–H and O–H groups in total. The Morgan fingerprint density at radius 1 is 1.25 bits per heavy atom. The van der Waals surface area contributed by atoms with E-state index in [-0.39, 0.29) is 12.1 Å². The average molecular weight is 172 g/mol. The first kappa shape index (κ1) is 10.0. The van der Waals surface area contributed by atoms with Gasteiger partial charge in [0, 0.05) is 0 Å². The van der Waals surface area contributed by atoms with Crippen molar-refractivity contribution in [3.8, 4) is 0 Å². The Kier molecular flexibility index (Phi) is 2.80. The third-order valence-corrected chi connectivity index (χ3v) is 3.75. The fraction of sp³-hybridized carbons (Fsp3) is 1.00. The van der Waals surface area contributed by atoms with E-state index < -0.39 is 0 Å². The largest absolute Gasteiger partial charge is 0.250 e. The molecule has 1 saturated carbocycles. The summed E-state index contributed by atoms with van der Waals surface area (Å²) in [6.45, 7) is 6.64. The Morgan fingerprint density at radius 2 is 1.75 bits per heavy atom. The third-order valence-electron chi connectivity index (χ3n) is 3.75. The standard InChI is InChI=1S/C11H21F/c1-4-10(3,5-2)8-11(9-12)6-7-11/h4-9H2,1-3H3. The maximum absolute atomic E-state index is 12.6. The molecular formula is C11H21F. The van der Waals surface area contributed by atoms with Crippen LogP contribution in [0, 0.1) is 10.8 Å². The van der Waals surface area contributed by atoms with Gasteiger partial charge in [-0.1, -0.05) is 33.6 Å². The van der Waals surface area contributed by atoms with Gasteiger partial charge < -0.3 is 0 Å². The summed E-state index contributed by atoms with van der Waals surface area (Å²) in [7, 11) is 0. The molecule has 0 bridgehead atoms. The lowest BCUT2D eigenvalue weighted by Crippen LogP contribution is -2.21. The van der Waals surface area contributed by atoms with Crippen LogP contribution in [0.2, 0.25) is 0 Å². The smallest absolute Gasteiger partial charge is 0.0950 e. The predicted molar refractivity (Wildman–Crippen MR) is 50.9 cm³/mol. The zero-order valence-corrected chi connectivity index (χ0v) is 8.62. The van der Waals surface area contributed by atoms with Gasteiger partial charge in [0.2, 0.25) is 0 Å². The van der Waals surface area contributed by atoms with Crippen molar-refractivity contribution in [3.63, 3.8) is 0 Å². The summed E-state index contributed by atoms with van der Waals surface area (Å²) in [4.78, 5) is 0. The first-order chi connectivity index (χ1) is 5.60. The van der Waals surface area contributed by atoms with Gasteiger partial charge in [-0.15, -0.1) is 0 Å². The lowest BCUT2D eigenvalue weighted by atomic mass is 9.76. The van der Waals surface area contributed by atoms with E-state index in [1.807, 2.05) is 0 Å². The summed E-state index contributed by atoms with van der Waals surface area (Å²) in [6.07, 6.45) is 5.72. The van der Waals surface area contributed by atoms with Crippen molar-refractivity contribution < 1.29 is 4.39 Å². The summed E-state index contributed by atoms with van der Waals surface area (Å²) >= 11 is 0. The number of rotatable bonds is 5. The van der Waals surface area contributed by atoms with Crippen LogP contribution in [0.5, 0.6) is 0 Å². The second-order valence-electron chi connectivity index (χ2n) is 4.83. The van der Waals surface area contributed by atoms with Crippen LogP contribution in [-0.4, -0.2) is 6.67 Å². The van der Waals surface area contributed by atoms with Crippen LogP contribution in [0.25, 0.3) is 0 Å². The van der Waals surface area contributed by atoms with Gasteiger partial charge in [0.1, 0.15) is 0 Å². The minimum Gasteiger partial charge on any atom is -0.250 e. The maximum Gasteiger partial charge on any atom is 0.0950 e. The van der Waals surface area contributed by atoms with Gasteiger partial charge >= 0.3 is 0 Å². The highest BCUT2D eigenvalue weighted by Crippen LogP contribution is 2.55. The van der Waals surface area contributed by atoms with Crippen LogP contribution in [0.15, 0.2) is 0 Å². The van der Waals surface area contributed by atoms with E-state index >= 15 is 0 Å². The van der Waals surface area contributed by atoms with Crippen LogP contribution < -0.4 is 0 Å². The number of hydrogen-bond acceptors (Lipinski definition) is 0. The van der Waals surface area contributed by atoms with Crippen LogP contribution >= 0.6 is 0 Å². The molecule has 0 nitrogen and oxygen atoms in total. The molecule has 0 aromatic carbocycles. The molecule has 0 amide bonds. The summed E-state index contributed by atoms with van der Waals surface area (Å²) < 4.78 is 12.6. The van der Waals surface area contributed by atoms with Crippen LogP contribution in [0.1, 0.15) is 52.9 Å². The quantitative estimate of drug-likeness (QED) is 0.589. The molecule has 1 aliphatic rings. The van der Waals surface area contributed by atoms with Gasteiger partial charge in [-0.05, 0) is 30.1 Å². The highest BCUT2D eigenvalue weighted by atomic mass is 19.1. The van der Waals surface area contributed by atoms with Gasteiger partial charge in [-0.2, -0.15) is 0 Å². The maximum atomic E-state index is 12.6. The molecule has 72 valence electrons. The topological polar surface area (TPSA) is 0 Å². The number of hydrogen-bond donors (Lipinski definition) is 0. The van der Waals surface area contributed by atoms with Crippen LogP contribution in [0.3, 0.4) is 0 Å². The third kappa shape index (κ3) is 1.99. The Labute approximate surface area is 75.5 Å². The van der Waals surface area contributed by atoms with E-state index in [2.05, 4.69) is 20.8 Å². The molecule has 0 aromatic rings. The number of alkyl halides is 1. The predicted octanol–water partition coefficient (Wildman–Crippen LogP) is 3.95. The molecule has 0 aliphatic heterocycles. The van der Waals surface area contributed by atoms with E-state index in [9.17, 15) is 4.39 Å². The van der Waals surface area contributed by atoms with E-state index in [4.69, 9.17) is 0 Å². The van der Waals surface area contributed by atoms with Gasteiger partial charge in [0.05, 0.1) is 6.67 Å². The molecule has 0 spiro atoms. The van der Waals surface area contributed by atoms with Crippen LogP contribution in [0.4, 0.5) is 4.39 Å². The Bertz CT molecular complexity index is 143. The fourth-order valence-electron chi connectivity index (χ4n) is 1.94. The SMILES string of the molecule is CCC(C)(CC)CC1(CF)CC1. The lowest BCUT2D eigenvalue weighted by molar-refractivity contribution is 0.181. The summed E-state index contributed by atoms with van der Waals surface area (Å²) in [6, 6.07) is 0. The van der Waals surface area contributed by atoms with Crippen molar-refractivity contribution >= 4 is 0 Å². The van der Waals surface area contributed by atoms with Gasteiger partial charge in [-0.25, -0.2) is 0 Å². The highest BCUT2D eigenvalue weighted by molar-refractivity contribution is 4.96. The van der Waals surface area contributed by atoms with Gasteiger partial charge in [0.15, 0.2) is 0 Å².